The Morgan fingerprint density at radius 1 is 1.57 bits per heavy atom. The molecule has 0 saturated carbocycles. The van der Waals surface area contributed by atoms with Gasteiger partial charge in [-0.25, -0.2) is 0 Å². The highest BCUT2D eigenvalue weighted by atomic mass is 35.5. The highest BCUT2D eigenvalue weighted by Gasteiger charge is 2.18. The van der Waals surface area contributed by atoms with Crippen LogP contribution in [0.3, 0.4) is 0 Å². The molecule has 1 unspecified atom stereocenters. The summed E-state index contributed by atoms with van der Waals surface area (Å²) in [6, 6.07) is 5.72. The molecule has 0 spiro atoms. The molecule has 1 aliphatic rings. The Hall–Kier alpha value is -0.910. The van der Waals surface area contributed by atoms with Crippen molar-refractivity contribution in [2.24, 2.45) is 0 Å². The van der Waals surface area contributed by atoms with E-state index < -0.39 is 0 Å². The number of benzene rings is 1. The number of hydrogen-bond donors (Lipinski definition) is 2. The van der Waals surface area contributed by atoms with Crippen LogP contribution >= 0.6 is 23.4 Å². The zero-order valence-corrected chi connectivity index (χ0v) is 13.8. The minimum atomic E-state index is 0.000656. The van der Waals surface area contributed by atoms with Crippen molar-refractivity contribution < 1.29 is 4.79 Å². The highest BCUT2D eigenvalue weighted by molar-refractivity contribution is 7.99. The van der Waals surface area contributed by atoms with Gasteiger partial charge in [0.05, 0.1) is 10.7 Å². The van der Waals surface area contributed by atoms with Crippen molar-refractivity contribution in [1.29, 1.82) is 0 Å². The molecule has 1 saturated heterocycles. The Morgan fingerprint density at radius 2 is 2.38 bits per heavy atom. The quantitative estimate of drug-likeness (QED) is 0.816. The molecule has 2 rings (SSSR count). The number of nitrogens with one attached hydrogen (secondary N) is 1. The summed E-state index contributed by atoms with van der Waals surface area (Å²) < 4.78 is 0. The van der Waals surface area contributed by atoms with E-state index >= 15 is 0 Å². The smallest absolute Gasteiger partial charge is 0.224 e. The number of amides is 1. The minimum Gasteiger partial charge on any atom is -0.399 e. The summed E-state index contributed by atoms with van der Waals surface area (Å²) in [5.41, 5.74) is 6.85. The van der Waals surface area contributed by atoms with Gasteiger partial charge in [0.15, 0.2) is 0 Å². The van der Waals surface area contributed by atoms with E-state index in [1.54, 1.807) is 18.2 Å². The van der Waals surface area contributed by atoms with Gasteiger partial charge in [0.1, 0.15) is 0 Å². The van der Waals surface area contributed by atoms with Gasteiger partial charge in [-0.05, 0) is 38.1 Å². The fraction of sp³-hybridized carbons (Fsp3) is 0.533. The van der Waals surface area contributed by atoms with Crippen LogP contribution < -0.4 is 11.1 Å². The number of anilines is 2. The molecule has 0 aliphatic carbocycles. The Morgan fingerprint density at radius 3 is 3.10 bits per heavy atom. The van der Waals surface area contributed by atoms with E-state index in [0.717, 1.165) is 19.5 Å². The highest BCUT2D eigenvalue weighted by Crippen LogP contribution is 2.24. The van der Waals surface area contributed by atoms with Crippen LogP contribution in [0.25, 0.3) is 0 Å². The van der Waals surface area contributed by atoms with Gasteiger partial charge in [0, 0.05) is 36.2 Å². The zero-order valence-electron chi connectivity index (χ0n) is 12.3. The molecule has 21 heavy (non-hydrogen) atoms. The molecule has 1 aliphatic heterocycles. The first-order valence-electron chi connectivity index (χ1n) is 7.23. The number of nitrogens with zero attached hydrogens (tertiary/aromatic N) is 1. The lowest BCUT2D eigenvalue weighted by Gasteiger charge is -2.32. The third-order valence-corrected chi connectivity index (χ3v) is 5.12. The molecular weight excluding hydrogens is 306 g/mol. The van der Waals surface area contributed by atoms with Gasteiger partial charge in [-0.15, -0.1) is 0 Å². The van der Waals surface area contributed by atoms with E-state index in [1.165, 1.54) is 11.5 Å². The van der Waals surface area contributed by atoms with Crippen LogP contribution in [0.15, 0.2) is 18.2 Å². The van der Waals surface area contributed by atoms with Crippen molar-refractivity contribution in [2.75, 3.05) is 35.6 Å². The average Bonchev–Trinajstić information content (AvgIpc) is 2.44. The maximum atomic E-state index is 11.9. The van der Waals surface area contributed by atoms with E-state index in [2.05, 4.69) is 17.1 Å². The van der Waals surface area contributed by atoms with Gasteiger partial charge < -0.3 is 11.1 Å². The van der Waals surface area contributed by atoms with Crippen LogP contribution in [0.2, 0.25) is 5.02 Å². The summed E-state index contributed by atoms with van der Waals surface area (Å²) in [5, 5.41) is 3.31. The molecule has 0 bridgehead atoms. The fourth-order valence-electron chi connectivity index (χ4n) is 2.38. The Kier molecular flexibility index (Phi) is 6.21. The van der Waals surface area contributed by atoms with Crippen LogP contribution in [-0.4, -0.2) is 41.4 Å². The molecule has 0 radical (unpaired) electrons. The second-order valence-electron chi connectivity index (χ2n) is 5.35. The molecule has 6 heteroatoms. The lowest BCUT2D eigenvalue weighted by atomic mass is 10.2. The summed E-state index contributed by atoms with van der Waals surface area (Å²) in [6.45, 7) is 4.35. The summed E-state index contributed by atoms with van der Waals surface area (Å²) in [5.74, 6) is 2.38. The number of carbonyl (C=O) groups is 1. The largest absolute Gasteiger partial charge is 0.399 e. The van der Waals surface area contributed by atoms with Crippen LogP contribution in [-0.2, 0) is 4.79 Å². The van der Waals surface area contributed by atoms with Crippen LogP contribution in [0, 0.1) is 0 Å². The third-order valence-electron chi connectivity index (χ3n) is 3.62. The molecule has 1 amide bonds. The lowest BCUT2D eigenvalue weighted by molar-refractivity contribution is -0.116. The van der Waals surface area contributed by atoms with Gasteiger partial charge in [0.2, 0.25) is 5.91 Å². The van der Waals surface area contributed by atoms with Crippen molar-refractivity contribution >= 4 is 40.6 Å². The molecular formula is C15H22ClN3OS. The summed E-state index contributed by atoms with van der Waals surface area (Å²) in [4.78, 5) is 14.4. The number of thioether (sulfide) groups is 1. The molecule has 1 heterocycles. The second kappa shape index (κ2) is 7.92. The third kappa shape index (κ3) is 5.09. The Bertz CT molecular complexity index is 498. The first-order valence-corrected chi connectivity index (χ1v) is 8.76. The molecule has 1 aromatic rings. The molecule has 116 valence electrons. The number of nitrogen functional groups attached to an aromatic ring is 1. The van der Waals surface area contributed by atoms with Gasteiger partial charge in [-0.2, -0.15) is 11.8 Å². The van der Waals surface area contributed by atoms with Crippen LogP contribution in [0.5, 0.6) is 0 Å². The maximum absolute atomic E-state index is 11.9. The molecule has 1 atom stereocenters. The predicted molar refractivity (Wildman–Crippen MR) is 92.1 cm³/mol. The normalized spacial score (nSPS) is 19.4. The monoisotopic (exact) mass is 327 g/mol. The van der Waals surface area contributed by atoms with Crippen molar-refractivity contribution in [3.05, 3.63) is 23.2 Å². The minimum absolute atomic E-state index is 0.000656. The predicted octanol–water partition coefficient (Wildman–Crippen LogP) is 3.08. The molecule has 4 nitrogen and oxygen atoms in total. The SMILES string of the molecule is CC1CSCCN1CCCC(=O)Nc1ccc(N)cc1Cl. The number of nitrogens with two attached hydrogens (primary N) is 1. The van der Waals surface area contributed by atoms with Gasteiger partial charge in [-0.1, -0.05) is 11.6 Å². The lowest BCUT2D eigenvalue weighted by Crippen LogP contribution is -2.41. The fourth-order valence-corrected chi connectivity index (χ4v) is 3.70. The van der Waals surface area contributed by atoms with Gasteiger partial charge in [0.25, 0.3) is 0 Å². The zero-order chi connectivity index (χ0) is 15.2. The maximum Gasteiger partial charge on any atom is 0.224 e. The first-order chi connectivity index (χ1) is 10.1. The summed E-state index contributed by atoms with van der Waals surface area (Å²) >= 11 is 8.05. The van der Waals surface area contributed by atoms with Crippen molar-refractivity contribution in [1.82, 2.24) is 4.90 Å². The number of halogens is 1. The van der Waals surface area contributed by atoms with E-state index in [9.17, 15) is 4.79 Å². The molecule has 3 N–H and O–H groups in total. The van der Waals surface area contributed by atoms with Crippen LogP contribution in [0.1, 0.15) is 19.8 Å². The van der Waals surface area contributed by atoms with Crippen LogP contribution in [0.4, 0.5) is 11.4 Å². The van der Waals surface area contributed by atoms with Gasteiger partial charge >= 0.3 is 0 Å². The van der Waals surface area contributed by atoms with Crippen molar-refractivity contribution in [3.63, 3.8) is 0 Å². The summed E-state index contributed by atoms with van der Waals surface area (Å²) in [6.07, 6.45) is 1.38. The molecule has 1 aromatic carbocycles. The van der Waals surface area contributed by atoms with E-state index in [4.69, 9.17) is 17.3 Å². The van der Waals surface area contributed by atoms with E-state index in [-0.39, 0.29) is 5.91 Å². The molecule has 0 aromatic heterocycles. The summed E-state index contributed by atoms with van der Waals surface area (Å²) in [7, 11) is 0. The Labute approximate surface area is 135 Å². The van der Waals surface area contributed by atoms with E-state index in [1.807, 2.05) is 11.8 Å². The number of carbonyl (C=O) groups excluding carboxylic acids is 1. The second-order valence-corrected chi connectivity index (χ2v) is 6.91. The van der Waals surface area contributed by atoms with E-state index in [0.29, 0.717) is 28.9 Å². The average molecular weight is 328 g/mol. The number of hydrogen-bond acceptors (Lipinski definition) is 4. The molecule has 1 fully saturated rings. The first kappa shape index (κ1) is 16.5. The standard InChI is InChI=1S/C15H22ClN3OS/c1-11-10-21-8-7-19(11)6-2-3-15(20)18-14-5-4-12(17)9-13(14)16/h4-5,9,11H,2-3,6-8,10,17H2,1H3,(H,18,20). The van der Waals surface area contributed by atoms with Crippen molar-refractivity contribution in [2.45, 2.75) is 25.8 Å². The topological polar surface area (TPSA) is 58.4 Å². The van der Waals surface area contributed by atoms with Gasteiger partial charge in [-0.3, -0.25) is 9.69 Å². The number of rotatable bonds is 5. The Balaban J connectivity index is 1.74. The van der Waals surface area contributed by atoms with Crippen molar-refractivity contribution in [3.8, 4) is 0 Å².